The molecule has 0 unspecified atom stereocenters. The molecule has 0 aliphatic carbocycles. The monoisotopic (exact) mass is 248 g/mol. The van der Waals surface area contributed by atoms with Crippen LogP contribution in [-0.4, -0.2) is 23.8 Å². The molecule has 0 amide bonds. The van der Waals surface area contributed by atoms with E-state index in [0.717, 1.165) is 37.0 Å². The molecule has 18 heavy (non-hydrogen) atoms. The summed E-state index contributed by atoms with van der Waals surface area (Å²) in [6.07, 6.45) is 6.31. The van der Waals surface area contributed by atoms with Crippen molar-refractivity contribution in [2.75, 3.05) is 6.61 Å². The van der Waals surface area contributed by atoms with Gasteiger partial charge in [0.1, 0.15) is 5.75 Å². The predicted molar refractivity (Wildman–Crippen MR) is 75.2 cm³/mol. The second kappa shape index (κ2) is 7.95. The maximum absolute atomic E-state index is 9.10. The van der Waals surface area contributed by atoms with Crippen molar-refractivity contribution in [2.45, 2.75) is 32.6 Å². The summed E-state index contributed by atoms with van der Waals surface area (Å²) in [4.78, 5) is 0. The fourth-order valence-corrected chi connectivity index (χ4v) is 1.79. The highest BCUT2D eigenvalue weighted by Gasteiger charge is 2.13. The number of unbranched alkanes of at least 4 members (excludes halogenated alkanes) is 3. The van der Waals surface area contributed by atoms with E-state index in [1.165, 1.54) is 0 Å². The molecule has 2 N–H and O–H groups in total. The topological polar surface area (TPSA) is 49.7 Å². The van der Waals surface area contributed by atoms with E-state index in [9.17, 15) is 0 Å². The lowest BCUT2D eigenvalue weighted by Crippen LogP contribution is -2.31. The highest BCUT2D eigenvalue weighted by atomic mass is 16.5. The van der Waals surface area contributed by atoms with Crippen LogP contribution >= 0.6 is 0 Å². The Morgan fingerprint density at radius 1 is 1.28 bits per heavy atom. The quantitative estimate of drug-likeness (QED) is 0.419. The van der Waals surface area contributed by atoms with E-state index in [1.54, 1.807) is 12.1 Å². The van der Waals surface area contributed by atoms with Crippen molar-refractivity contribution in [1.29, 1.82) is 0 Å². The van der Waals surface area contributed by atoms with Crippen molar-refractivity contribution in [2.24, 2.45) is 0 Å². The van der Waals surface area contributed by atoms with Crippen LogP contribution in [-0.2, 0) is 0 Å². The number of rotatable bonds is 8. The molecule has 0 spiro atoms. The number of benzene rings is 1. The van der Waals surface area contributed by atoms with Gasteiger partial charge in [0.25, 0.3) is 0 Å². The number of hydrogen-bond donors (Lipinski definition) is 2. The van der Waals surface area contributed by atoms with E-state index < -0.39 is 7.12 Å². The van der Waals surface area contributed by atoms with E-state index in [0.29, 0.717) is 12.1 Å². The standard InChI is InChI=1S/C14H21BO3/c1-3-4-5-6-7-10-18-13-8-9-14(15(16)17)12(2)11-13/h3,8-9,11,16-17H,1,4-7,10H2,2H3. The third-order valence-electron chi connectivity index (χ3n) is 2.84. The molecule has 0 aliphatic heterocycles. The van der Waals surface area contributed by atoms with Crippen LogP contribution in [0.3, 0.4) is 0 Å². The summed E-state index contributed by atoms with van der Waals surface area (Å²) in [7, 11) is -1.42. The Morgan fingerprint density at radius 2 is 2.06 bits per heavy atom. The van der Waals surface area contributed by atoms with Gasteiger partial charge in [-0.1, -0.05) is 12.1 Å². The molecule has 0 bridgehead atoms. The van der Waals surface area contributed by atoms with Gasteiger partial charge in [0, 0.05) is 0 Å². The van der Waals surface area contributed by atoms with Gasteiger partial charge in [0.05, 0.1) is 6.61 Å². The van der Waals surface area contributed by atoms with E-state index in [1.807, 2.05) is 19.1 Å². The molecule has 1 rings (SSSR count). The average Bonchev–Trinajstić information content (AvgIpc) is 2.33. The number of hydrogen-bond acceptors (Lipinski definition) is 3. The fraction of sp³-hybridized carbons (Fsp3) is 0.429. The van der Waals surface area contributed by atoms with Crippen LogP contribution in [0.25, 0.3) is 0 Å². The minimum absolute atomic E-state index is 0.522. The van der Waals surface area contributed by atoms with Gasteiger partial charge in [-0.05, 0) is 55.8 Å². The number of aryl methyl sites for hydroxylation is 1. The largest absolute Gasteiger partial charge is 0.494 e. The molecule has 1 aromatic carbocycles. The summed E-state index contributed by atoms with van der Waals surface area (Å²) in [5.41, 5.74) is 1.35. The van der Waals surface area contributed by atoms with Crippen LogP contribution in [0.2, 0.25) is 0 Å². The van der Waals surface area contributed by atoms with E-state index in [4.69, 9.17) is 14.8 Å². The molecule has 0 saturated heterocycles. The molecule has 4 heteroatoms. The smallest absolute Gasteiger partial charge is 0.488 e. The van der Waals surface area contributed by atoms with Gasteiger partial charge in [0.2, 0.25) is 0 Å². The van der Waals surface area contributed by atoms with Crippen LogP contribution in [0.5, 0.6) is 5.75 Å². The molecule has 98 valence electrons. The lowest BCUT2D eigenvalue weighted by Gasteiger charge is -2.09. The summed E-state index contributed by atoms with van der Waals surface area (Å²) < 4.78 is 5.61. The fourth-order valence-electron chi connectivity index (χ4n) is 1.79. The summed E-state index contributed by atoms with van der Waals surface area (Å²) in [6, 6.07) is 5.29. The minimum atomic E-state index is -1.42. The molecule has 0 aromatic heterocycles. The van der Waals surface area contributed by atoms with Gasteiger partial charge in [0.15, 0.2) is 0 Å². The van der Waals surface area contributed by atoms with Gasteiger partial charge in [-0.25, -0.2) is 0 Å². The maximum atomic E-state index is 9.10. The molecule has 0 saturated carbocycles. The highest BCUT2D eigenvalue weighted by Crippen LogP contribution is 2.12. The Bertz CT molecular complexity index is 377. The van der Waals surface area contributed by atoms with Crippen LogP contribution in [0.15, 0.2) is 30.9 Å². The first-order chi connectivity index (χ1) is 8.65. The van der Waals surface area contributed by atoms with Crippen LogP contribution in [0.1, 0.15) is 31.2 Å². The van der Waals surface area contributed by atoms with E-state index in [-0.39, 0.29) is 0 Å². The number of allylic oxidation sites excluding steroid dienone is 1. The molecule has 0 fully saturated rings. The van der Waals surface area contributed by atoms with Crippen molar-refractivity contribution in [1.82, 2.24) is 0 Å². The number of ether oxygens (including phenoxy) is 1. The first-order valence-corrected chi connectivity index (χ1v) is 6.35. The van der Waals surface area contributed by atoms with Crippen molar-refractivity contribution < 1.29 is 14.8 Å². The molecule has 1 aromatic rings. The Labute approximate surface area is 109 Å². The van der Waals surface area contributed by atoms with E-state index >= 15 is 0 Å². The predicted octanol–water partition coefficient (Wildman–Crippen LogP) is 1.80. The molecule has 0 atom stereocenters. The Balaban J connectivity index is 2.35. The van der Waals surface area contributed by atoms with Crippen LogP contribution in [0.4, 0.5) is 0 Å². The Hall–Kier alpha value is -1.26. The second-order valence-corrected chi connectivity index (χ2v) is 4.38. The van der Waals surface area contributed by atoms with Crippen molar-refractivity contribution >= 4 is 12.6 Å². The van der Waals surface area contributed by atoms with E-state index in [2.05, 4.69) is 6.58 Å². The summed E-state index contributed by atoms with van der Waals surface area (Å²) in [6.45, 7) is 6.22. The van der Waals surface area contributed by atoms with Crippen LogP contribution in [0, 0.1) is 6.92 Å². The SMILES string of the molecule is C=CCCCCCOc1ccc(B(O)O)c(C)c1. The average molecular weight is 248 g/mol. The zero-order valence-electron chi connectivity index (χ0n) is 10.9. The lowest BCUT2D eigenvalue weighted by molar-refractivity contribution is 0.305. The van der Waals surface area contributed by atoms with Gasteiger partial charge < -0.3 is 14.8 Å². The first kappa shape index (κ1) is 14.8. The zero-order chi connectivity index (χ0) is 13.4. The van der Waals surface area contributed by atoms with Gasteiger partial charge >= 0.3 is 7.12 Å². The van der Waals surface area contributed by atoms with Crippen molar-refractivity contribution in [3.05, 3.63) is 36.4 Å². The molecule has 0 radical (unpaired) electrons. The molecular weight excluding hydrogens is 227 g/mol. The van der Waals surface area contributed by atoms with Gasteiger partial charge in [-0.3, -0.25) is 0 Å². The molecular formula is C14H21BO3. The molecule has 0 aliphatic rings. The maximum Gasteiger partial charge on any atom is 0.488 e. The van der Waals surface area contributed by atoms with Gasteiger partial charge in [-0.2, -0.15) is 0 Å². The normalized spacial score (nSPS) is 10.2. The first-order valence-electron chi connectivity index (χ1n) is 6.35. The third-order valence-corrected chi connectivity index (χ3v) is 2.84. The van der Waals surface area contributed by atoms with Crippen molar-refractivity contribution in [3.8, 4) is 5.75 Å². The van der Waals surface area contributed by atoms with Crippen LogP contribution < -0.4 is 10.2 Å². The van der Waals surface area contributed by atoms with Gasteiger partial charge in [-0.15, -0.1) is 6.58 Å². The lowest BCUT2D eigenvalue weighted by atomic mass is 9.77. The summed E-state index contributed by atoms with van der Waals surface area (Å²) in [5, 5.41) is 18.2. The third kappa shape index (κ3) is 4.94. The zero-order valence-corrected chi connectivity index (χ0v) is 10.9. The molecule has 3 nitrogen and oxygen atoms in total. The minimum Gasteiger partial charge on any atom is -0.494 e. The Morgan fingerprint density at radius 3 is 2.67 bits per heavy atom. The van der Waals surface area contributed by atoms with Crippen molar-refractivity contribution in [3.63, 3.8) is 0 Å². The second-order valence-electron chi connectivity index (χ2n) is 4.38. The Kier molecular flexibility index (Phi) is 6.54. The molecule has 0 heterocycles. The highest BCUT2D eigenvalue weighted by molar-refractivity contribution is 6.59. The summed E-state index contributed by atoms with van der Waals surface area (Å²) in [5.74, 6) is 0.778. The summed E-state index contributed by atoms with van der Waals surface area (Å²) >= 11 is 0.